The summed E-state index contributed by atoms with van der Waals surface area (Å²) in [5.41, 5.74) is 7.88. The van der Waals surface area contributed by atoms with Crippen LogP contribution in [0.2, 0.25) is 0 Å². The molecule has 0 heterocycles. The van der Waals surface area contributed by atoms with Gasteiger partial charge in [0.2, 0.25) is 0 Å². The molecule has 0 amide bonds. The summed E-state index contributed by atoms with van der Waals surface area (Å²) in [4.78, 5) is 0. The smallest absolute Gasteiger partial charge is 0.0149 e. The lowest BCUT2D eigenvalue weighted by molar-refractivity contribution is 0.423. The van der Waals surface area contributed by atoms with Gasteiger partial charge in [-0.25, -0.2) is 0 Å². The molecule has 1 atom stereocenters. The van der Waals surface area contributed by atoms with Crippen LogP contribution < -0.4 is 0 Å². The highest BCUT2D eigenvalue weighted by Gasteiger charge is 2.42. The highest BCUT2D eigenvalue weighted by atomic mass is 14.5. The van der Waals surface area contributed by atoms with Crippen LogP contribution in [0.25, 0.3) is 5.57 Å². The molecule has 1 fully saturated rings. The number of rotatable bonds is 1. The first-order valence-electron chi connectivity index (χ1n) is 7.70. The molecule has 2 aliphatic rings. The third-order valence-electron chi connectivity index (χ3n) is 5.17. The molecular formula is C20H20. The second-order valence-corrected chi connectivity index (χ2v) is 6.30. The second kappa shape index (κ2) is 4.34. The van der Waals surface area contributed by atoms with Gasteiger partial charge in [0, 0.05) is 5.41 Å². The summed E-state index contributed by atoms with van der Waals surface area (Å²) in [7, 11) is 0. The highest BCUT2D eigenvalue weighted by Crippen LogP contribution is 2.54. The molecule has 2 aromatic rings. The standard InChI is InChI=1S/C20H20/c1-20-14-8-7-13-18(20)19(15-9-3-2-4-10-15)16-11-5-6-12-17(16)20/h2-6,9-12H,7-8,13-14H2,1H3. The van der Waals surface area contributed by atoms with E-state index in [2.05, 4.69) is 61.5 Å². The summed E-state index contributed by atoms with van der Waals surface area (Å²) in [5.74, 6) is 0. The van der Waals surface area contributed by atoms with Crippen LogP contribution >= 0.6 is 0 Å². The minimum Gasteiger partial charge on any atom is -0.0622 e. The Morgan fingerprint density at radius 2 is 1.60 bits per heavy atom. The number of hydrogen-bond acceptors (Lipinski definition) is 0. The molecule has 0 nitrogen and oxygen atoms in total. The van der Waals surface area contributed by atoms with Gasteiger partial charge in [-0.05, 0) is 41.5 Å². The molecule has 0 saturated heterocycles. The van der Waals surface area contributed by atoms with Crippen molar-refractivity contribution >= 4 is 5.57 Å². The van der Waals surface area contributed by atoms with E-state index >= 15 is 0 Å². The third-order valence-corrected chi connectivity index (χ3v) is 5.17. The molecule has 0 radical (unpaired) electrons. The molecule has 0 bridgehead atoms. The number of fused-ring (bicyclic) bond motifs is 3. The predicted molar refractivity (Wildman–Crippen MR) is 84.7 cm³/mol. The fourth-order valence-electron chi connectivity index (χ4n) is 4.18. The molecule has 0 aliphatic heterocycles. The van der Waals surface area contributed by atoms with Gasteiger partial charge < -0.3 is 0 Å². The maximum atomic E-state index is 2.45. The first-order chi connectivity index (χ1) is 9.81. The Labute approximate surface area is 121 Å². The van der Waals surface area contributed by atoms with E-state index in [4.69, 9.17) is 0 Å². The Morgan fingerprint density at radius 3 is 2.45 bits per heavy atom. The molecular weight excluding hydrogens is 240 g/mol. The van der Waals surface area contributed by atoms with Crippen LogP contribution in [0.4, 0.5) is 0 Å². The van der Waals surface area contributed by atoms with Crippen molar-refractivity contribution in [2.24, 2.45) is 0 Å². The average molecular weight is 260 g/mol. The quantitative estimate of drug-likeness (QED) is 0.649. The van der Waals surface area contributed by atoms with Crippen molar-refractivity contribution in [2.45, 2.75) is 38.0 Å². The lowest BCUT2D eigenvalue weighted by Gasteiger charge is -2.34. The van der Waals surface area contributed by atoms with E-state index in [1.54, 1.807) is 11.1 Å². The normalized spacial score (nSPS) is 24.4. The Morgan fingerprint density at radius 1 is 0.850 bits per heavy atom. The molecule has 4 rings (SSSR count). The fraction of sp³-hybridized carbons (Fsp3) is 0.300. The summed E-state index contributed by atoms with van der Waals surface area (Å²) in [6.45, 7) is 2.45. The van der Waals surface area contributed by atoms with Crippen LogP contribution in [0.5, 0.6) is 0 Å². The van der Waals surface area contributed by atoms with Crippen LogP contribution in [0.15, 0.2) is 60.2 Å². The molecule has 0 N–H and O–H groups in total. The average Bonchev–Trinajstić information content (AvgIpc) is 2.77. The van der Waals surface area contributed by atoms with E-state index in [0.717, 1.165) is 0 Å². The summed E-state index contributed by atoms with van der Waals surface area (Å²) in [6, 6.07) is 20.0. The zero-order valence-corrected chi connectivity index (χ0v) is 12.0. The van der Waals surface area contributed by atoms with Gasteiger partial charge in [-0.15, -0.1) is 0 Å². The summed E-state index contributed by atoms with van der Waals surface area (Å²) < 4.78 is 0. The first-order valence-corrected chi connectivity index (χ1v) is 7.70. The predicted octanol–water partition coefficient (Wildman–Crippen LogP) is 5.33. The van der Waals surface area contributed by atoms with Crippen molar-refractivity contribution in [3.8, 4) is 0 Å². The van der Waals surface area contributed by atoms with E-state index < -0.39 is 0 Å². The van der Waals surface area contributed by atoms with Gasteiger partial charge in [-0.1, -0.05) is 73.5 Å². The lowest BCUT2D eigenvalue weighted by atomic mass is 9.70. The van der Waals surface area contributed by atoms with Gasteiger partial charge in [-0.2, -0.15) is 0 Å². The maximum absolute atomic E-state index is 2.45. The largest absolute Gasteiger partial charge is 0.0622 e. The molecule has 100 valence electrons. The molecule has 1 unspecified atom stereocenters. The SMILES string of the molecule is CC12CCCCC1=C(c1ccccc1)c1ccccc12. The van der Waals surface area contributed by atoms with Gasteiger partial charge in [-0.3, -0.25) is 0 Å². The minimum atomic E-state index is 0.278. The molecule has 2 aromatic carbocycles. The summed E-state index contributed by atoms with van der Waals surface area (Å²) in [5, 5.41) is 0. The van der Waals surface area contributed by atoms with Crippen molar-refractivity contribution in [2.75, 3.05) is 0 Å². The molecule has 0 spiro atoms. The zero-order chi connectivity index (χ0) is 13.6. The zero-order valence-electron chi connectivity index (χ0n) is 12.0. The van der Waals surface area contributed by atoms with E-state index in [1.807, 2.05) is 0 Å². The maximum Gasteiger partial charge on any atom is 0.0149 e. The molecule has 1 saturated carbocycles. The van der Waals surface area contributed by atoms with E-state index in [9.17, 15) is 0 Å². The Balaban J connectivity index is 2.01. The minimum absolute atomic E-state index is 0.278. The van der Waals surface area contributed by atoms with E-state index in [0.29, 0.717) is 0 Å². The van der Waals surface area contributed by atoms with Crippen LogP contribution in [-0.2, 0) is 5.41 Å². The van der Waals surface area contributed by atoms with Gasteiger partial charge in [0.05, 0.1) is 0 Å². The van der Waals surface area contributed by atoms with E-state index in [-0.39, 0.29) is 5.41 Å². The first kappa shape index (κ1) is 12.0. The van der Waals surface area contributed by atoms with Crippen molar-refractivity contribution < 1.29 is 0 Å². The van der Waals surface area contributed by atoms with Crippen molar-refractivity contribution in [3.05, 3.63) is 76.9 Å². The number of allylic oxidation sites excluding steroid dienone is 1. The molecule has 2 aliphatic carbocycles. The molecule has 20 heavy (non-hydrogen) atoms. The van der Waals surface area contributed by atoms with Gasteiger partial charge >= 0.3 is 0 Å². The van der Waals surface area contributed by atoms with Gasteiger partial charge in [0.1, 0.15) is 0 Å². The van der Waals surface area contributed by atoms with E-state index in [1.165, 1.54) is 42.4 Å². The fourth-order valence-corrected chi connectivity index (χ4v) is 4.18. The Hall–Kier alpha value is -1.82. The van der Waals surface area contributed by atoms with Gasteiger partial charge in [0.25, 0.3) is 0 Å². The topological polar surface area (TPSA) is 0 Å². The Kier molecular flexibility index (Phi) is 2.60. The lowest BCUT2D eigenvalue weighted by Crippen LogP contribution is -2.25. The van der Waals surface area contributed by atoms with Crippen molar-refractivity contribution in [1.29, 1.82) is 0 Å². The van der Waals surface area contributed by atoms with Crippen molar-refractivity contribution in [1.82, 2.24) is 0 Å². The number of hydrogen-bond donors (Lipinski definition) is 0. The van der Waals surface area contributed by atoms with Crippen molar-refractivity contribution in [3.63, 3.8) is 0 Å². The monoisotopic (exact) mass is 260 g/mol. The number of benzene rings is 2. The molecule has 0 aromatic heterocycles. The van der Waals surface area contributed by atoms with Gasteiger partial charge in [0.15, 0.2) is 0 Å². The third kappa shape index (κ3) is 1.54. The Bertz CT molecular complexity index is 678. The van der Waals surface area contributed by atoms with Crippen LogP contribution in [0, 0.1) is 0 Å². The van der Waals surface area contributed by atoms with Crippen LogP contribution in [0.3, 0.4) is 0 Å². The summed E-state index contributed by atoms with van der Waals surface area (Å²) >= 11 is 0. The second-order valence-electron chi connectivity index (χ2n) is 6.30. The van der Waals surface area contributed by atoms with Crippen LogP contribution in [-0.4, -0.2) is 0 Å². The highest BCUT2D eigenvalue weighted by molar-refractivity contribution is 5.90. The van der Waals surface area contributed by atoms with Crippen LogP contribution in [0.1, 0.15) is 49.3 Å². The summed E-state index contributed by atoms with van der Waals surface area (Å²) in [6.07, 6.45) is 5.26. The molecule has 0 heteroatoms.